The highest BCUT2D eigenvalue weighted by atomic mass is 19.1. The molecule has 0 aliphatic carbocycles. The molecule has 2 rings (SSSR count). The summed E-state index contributed by atoms with van der Waals surface area (Å²) in [6.45, 7) is 3.70. The second kappa shape index (κ2) is 5.12. The van der Waals surface area contributed by atoms with Crippen LogP contribution in [0.4, 0.5) is 4.39 Å². The Morgan fingerprint density at radius 3 is 2.93 bits per heavy atom. The van der Waals surface area contributed by atoms with Crippen LogP contribution in [0.15, 0.2) is 18.2 Å². The van der Waals surface area contributed by atoms with E-state index in [0.29, 0.717) is 6.61 Å². The van der Waals surface area contributed by atoms with Crippen LogP contribution in [0.2, 0.25) is 0 Å². The maximum atomic E-state index is 13.1. The Kier molecular flexibility index (Phi) is 3.56. The molecule has 0 N–H and O–H groups in total. The minimum Gasteiger partial charge on any atom is -0.489 e. The van der Waals surface area contributed by atoms with Gasteiger partial charge in [-0.25, -0.2) is 4.39 Å². The van der Waals surface area contributed by atoms with Gasteiger partial charge >= 0.3 is 0 Å². The van der Waals surface area contributed by atoms with E-state index in [0.717, 1.165) is 19.6 Å². The van der Waals surface area contributed by atoms with Gasteiger partial charge in [-0.3, -0.25) is 4.90 Å². The molecule has 0 saturated carbocycles. The first-order valence-corrected chi connectivity index (χ1v) is 5.37. The molecule has 0 bridgehead atoms. The van der Waals surface area contributed by atoms with Crippen molar-refractivity contribution in [2.45, 2.75) is 12.8 Å². The average Bonchev–Trinajstić information content (AvgIpc) is 2.74. The van der Waals surface area contributed by atoms with Gasteiger partial charge < -0.3 is 4.74 Å². The van der Waals surface area contributed by atoms with Crippen LogP contribution in [0.25, 0.3) is 0 Å². The molecule has 0 amide bonds. The highest BCUT2D eigenvalue weighted by molar-refractivity contribution is 5.21. The number of hydrogen-bond donors (Lipinski definition) is 0. The van der Waals surface area contributed by atoms with E-state index in [1.807, 2.05) is 0 Å². The van der Waals surface area contributed by atoms with E-state index in [1.54, 1.807) is 12.1 Å². The summed E-state index contributed by atoms with van der Waals surface area (Å²) in [5.41, 5.74) is 0. The molecule has 0 unspecified atom stereocenters. The third-order valence-electron chi connectivity index (χ3n) is 2.62. The molecule has 3 heteroatoms. The number of para-hydroxylation sites is 1. The summed E-state index contributed by atoms with van der Waals surface area (Å²) in [6.07, 6.45) is 2.54. The van der Waals surface area contributed by atoms with E-state index in [-0.39, 0.29) is 11.6 Å². The Bertz CT molecular complexity index is 310. The largest absolute Gasteiger partial charge is 0.489 e. The van der Waals surface area contributed by atoms with Crippen molar-refractivity contribution in [3.63, 3.8) is 0 Å². The molecule has 1 aliphatic rings. The summed E-state index contributed by atoms with van der Waals surface area (Å²) in [4.78, 5) is 2.33. The van der Waals surface area contributed by atoms with E-state index < -0.39 is 0 Å². The molecule has 1 aromatic rings. The second-order valence-electron chi connectivity index (χ2n) is 3.74. The van der Waals surface area contributed by atoms with Gasteiger partial charge in [0.25, 0.3) is 0 Å². The Morgan fingerprint density at radius 1 is 1.40 bits per heavy atom. The maximum absolute atomic E-state index is 13.1. The first kappa shape index (κ1) is 10.4. The Labute approximate surface area is 89.7 Å². The summed E-state index contributed by atoms with van der Waals surface area (Å²) < 4.78 is 18.4. The molecule has 1 aliphatic heterocycles. The number of rotatable bonds is 4. The van der Waals surface area contributed by atoms with Gasteiger partial charge in [-0.15, -0.1) is 0 Å². The second-order valence-corrected chi connectivity index (χ2v) is 3.74. The molecule has 1 radical (unpaired) electrons. The normalized spacial score (nSPS) is 16.9. The minimum atomic E-state index is -0.334. The molecule has 0 spiro atoms. The van der Waals surface area contributed by atoms with Gasteiger partial charge in [0.2, 0.25) is 0 Å². The average molecular weight is 208 g/mol. The van der Waals surface area contributed by atoms with Gasteiger partial charge in [0.05, 0.1) is 0 Å². The Balaban J connectivity index is 1.75. The molecule has 0 aromatic heterocycles. The number of benzene rings is 1. The van der Waals surface area contributed by atoms with E-state index in [2.05, 4.69) is 11.0 Å². The smallest absolute Gasteiger partial charge is 0.165 e. The number of likely N-dealkylation sites (tertiary alicyclic amines) is 1. The van der Waals surface area contributed by atoms with Crippen LogP contribution in [0.1, 0.15) is 12.8 Å². The molecule has 1 saturated heterocycles. The summed E-state index contributed by atoms with van der Waals surface area (Å²) in [7, 11) is 0. The van der Waals surface area contributed by atoms with E-state index >= 15 is 0 Å². The predicted octanol–water partition coefficient (Wildman–Crippen LogP) is 2.10. The predicted molar refractivity (Wildman–Crippen MR) is 56.4 cm³/mol. The lowest BCUT2D eigenvalue weighted by atomic mass is 10.3. The Morgan fingerprint density at radius 2 is 2.20 bits per heavy atom. The quantitative estimate of drug-likeness (QED) is 0.751. The van der Waals surface area contributed by atoms with Crippen LogP contribution in [0, 0.1) is 11.9 Å². The molecule has 15 heavy (non-hydrogen) atoms. The lowest BCUT2D eigenvalue weighted by Gasteiger charge is -2.14. The summed E-state index contributed by atoms with van der Waals surface area (Å²) in [5.74, 6) is -0.101. The fourth-order valence-corrected chi connectivity index (χ4v) is 1.79. The molecule has 1 aromatic carbocycles. The van der Waals surface area contributed by atoms with Crippen LogP contribution in [-0.2, 0) is 0 Å². The molecule has 1 fully saturated rings. The monoisotopic (exact) mass is 208 g/mol. The zero-order chi connectivity index (χ0) is 10.5. The third-order valence-corrected chi connectivity index (χ3v) is 2.62. The molecular weight excluding hydrogens is 193 g/mol. The fraction of sp³-hybridized carbons (Fsp3) is 0.500. The van der Waals surface area contributed by atoms with Crippen molar-refractivity contribution in [1.29, 1.82) is 0 Å². The first-order valence-electron chi connectivity index (χ1n) is 5.37. The molecule has 1 heterocycles. The van der Waals surface area contributed by atoms with Crippen LogP contribution < -0.4 is 4.74 Å². The van der Waals surface area contributed by atoms with Crippen LogP contribution in [0.5, 0.6) is 5.75 Å². The highest BCUT2D eigenvalue weighted by Gasteiger charge is 2.11. The highest BCUT2D eigenvalue weighted by Crippen LogP contribution is 2.14. The molecular formula is C12H15FNO. The van der Waals surface area contributed by atoms with E-state index in [9.17, 15) is 4.39 Å². The van der Waals surface area contributed by atoms with Crippen molar-refractivity contribution in [2.24, 2.45) is 0 Å². The summed E-state index contributed by atoms with van der Waals surface area (Å²) >= 11 is 0. The van der Waals surface area contributed by atoms with Crippen molar-refractivity contribution in [1.82, 2.24) is 4.90 Å². The zero-order valence-electron chi connectivity index (χ0n) is 8.71. The van der Waals surface area contributed by atoms with Crippen LogP contribution in [0.3, 0.4) is 0 Å². The van der Waals surface area contributed by atoms with Gasteiger partial charge in [-0.1, -0.05) is 12.1 Å². The van der Waals surface area contributed by atoms with Crippen molar-refractivity contribution in [3.05, 3.63) is 30.1 Å². The first-order chi connectivity index (χ1) is 7.36. The van der Waals surface area contributed by atoms with Gasteiger partial charge in [-0.2, -0.15) is 0 Å². The number of halogens is 1. The summed E-state index contributed by atoms with van der Waals surface area (Å²) in [5, 5.41) is 0. The third kappa shape index (κ3) is 2.93. The Hall–Kier alpha value is -1.09. The van der Waals surface area contributed by atoms with Gasteiger partial charge in [0.1, 0.15) is 6.61 Å². The van der Waals surface area contributed by atoms with E-state index in [1.165, 1.54) is 18.9 Å². The summed E-state index contributed by atoms with van der Waals surface area (Å²) in [6, 6.07) is 7.41. The standard InChI is InChI=1S/C12H15FNO/c13-11-5-1-2-6-12(11)15-10-9-14-7-3-4-8-14/h1-2,5H,3-4,7-10H2. The van der Waals surface area contributed by atoms with Crippen LogP contribution >= 0.6 is 0 Å². The number of hydrogen-bond acceptors (Lipinski definition) is 2. The minimum absolute atomic E-state index is 0.233. The van der Waals surface area contributed by atoms with Gasteiger partial charge in [0.15, 0.2) is 11.6 Å². The molecule has 2 nitrogen and oxygen atoms in total. The van der Waals surface area contributed by atoms with Crippen molar-refractivity contribution in [3.8, 4) is 5.75 Å². The molecule has 81 valence electrons. The number of nitrogens with zero attached hydrogens (tertiary/aromatic N) is 1. The van der Waals surface area contributed by atoms with Crippen molar-refractivity contribution < 1.29 is 9.13 Å². The van der Waals surface area contributed by atoms with Gasteiger partial charge in [-0.05, 0) is 32.0 Å². The van der Waals surface area contributed by atoms with Crippen LogP contribution in [-0.4, -0.2) is 31.1 Å². The zero-order valence-corrected chi connectivity index (χ0v) is 8.71. The van der Waals surface area contributed by atoms with Crippen molar-refractivity contribution >= 4 is 0 Å². The van der Waals surface area contributed by atoms with Crippen molar-refractivity contribution in [2.75, 3.05) is 26.2 Å². The fourth-order valence-electron chi connectivity index (χ4n) is 1.79. The van der Waals surface area contributed by atoms with E-state index in [4.69, 9.17) is 4.74 Å². The number of ether oxygens (including phenoxy) is 1. The van der Waals surface area contributed by atoms with Gasteiger partial charge in [0, 0.05) is 12.6 Å². The maximum Gasteiger partial charge on any atom is 0.165 e. The lowest BCUT2D eigenvalue weighted by molar-refractivity contribution is 0.231. The topological polar surface area (TPSA) is 12.5 Å². The lowest BCUT2D eigenvalue weighted by Crippen LogP contribution is -2.25. The molecule has 0 atom stereocenters. The SMILES string of the molecule is Fc1ccc[c]c1OCCN1CCCC1.